The largest absolute Gasteiger partial charge is 0.352 e. The molecule has 1 atom stereocenters. The van der Waals surface area contributed by atoms with Crippen molar-refractivity contribution in [3.8, 4) is 0 Å². The number of halogens is 3. The summed E-state index contributed by atoms with van der Waals surface area (Å²) in [6, 6.07) is 18.2. The third-order valence-corrected chi connectivity index (χ3v) is 8.72. The molecule has 218 valence electrons. The van der Waals surface area contributed by atoms with Crippen LogP contribution in [0.3, 0.4) is 0 Å². The molecule has 0 bridgehead atoms. The van der Waals surface area contributed by atoms with E-state index in [1.165, 1.54) is 4.90 Å². The number of hydrogen-bond acceptors (Lipinski definition) is 4. The second-order valence-electron chi connectivity index (χ2n) is 10.2. The minimum absolute atomic E-state index is 0.00157. The summed E-state index contributed by atoms with van der Waals surface area (Å²) in [5, 5.41) is 3.10. The van der Waals surface area contributed by atoms with Crippen molar-refractivity contribution in [1.29, 1.82) is 0 Å². The number of carbonyl (C=O) groups excluding carboxylic acids is 2. The fraction of sp³-hybridized carbons (Fsp3) is 0.333. The van der Waals surface area contributed by atoms with Crippen molar-refractivity contribution in [2.75, 3.05) is 17.1 Å². The normalized spacial score (nSPS) is 14.4. The topological polar surface area (TPSA) is 86.8 Å². The van der Waals surface area contributed by atoms with Gasteiger partial charge in [0.05, 0.1) is 11.9 Å². The Morgan fingerprint density at radius 3 is 2.27 bits per heavy atom. The number of amides is 2. The minimum Gasteiger partial charge on any atom is -0.352 e. The zero-order chi connectivity index (χ0) is 29.6. The van der Waals surface area contributed by atoms with Crippen LogP contribution in [0.2, 0.25) is 0 Å². The van der Waals surface area contributed by atoms with Gasteiger partial charge in [-0.1, -0.05) is 71.2 Å². The zero-order valence-corrected chi connectivity index (χ0v) is 25.0. The Hall–Kier alpha value is -3.31. The Bertz CT molecular complexity index is 1480. The van der Waals surface area contributed by atoms with Crippen molar-refractivity contribution in [3.63, 3.8) is 0 Å². The lowest BCUT2D eigenvalue weighted by atomic mass is 10.0. The molecule has 3 aromatic rings. The van der Waals surface area contributed by atoms with E-state index in [0.717, 1.165) is 70.0 Å². The average molecular weight is 649 g/mol. The highest BCUT2D eigenvalue weighted by atomic mass is 79.9. The van der Waals surface area contributed by atoms with E-state index in [4.69, 9.17) is 0 Å². The molecule has 1 saturated carbocycles. The summed E-state index contributed by atoms with van der Waals surface area (Å²) in [7, 11) is -4.09. The molecule has 4 rings (SSSR count). The SMILES string of the molecule is CS(=O)(=O)N(CC(=O)N(Cc1cccc(Br)c1)C(Cc1ccccc1)C(=O)NC1CCCC1)c1ccc(F)c(F)c1. The number of benzene rings is 3. The summed E-state index contributed by atoms with van der Waals surface area (Å²) >= 11 is 3.44. The van der Waals surface area contributed by atoms with Gasteiger partial charge in [-0.15, -0.1) is 0 Å². The molecule has 2 amide bonds. The molecule has 0 saturated heterocycles. The molecule has 41 heavy (non-hydrogen) atoms. The lowest BCUT2D eigenvalue weighted by Crippen LogP contribution is -2.54. The van der Waals surface area contributed by atoms with Crippen LogP contribution in [0, 0.1) is 11.6 Å². The summed E-state index contributed by atoms with van der Waals surface area (Å²) in [4.78, 5) is 29.2. The maximum Gasteiger partial charge on any atom is 0.244 e. The van der Waals surface area contributed by atoms with Crippen molar-refractivity contribution >= 4 is 43.5 Å². The summed E-state index contributed by atoms with van der Waals surface area (Å²) < 4.78 is 54.7. The number of anilines is 1. The molecular weight excluding hydrogens is 616 g/mol. The van der Waals surface area contributed by atoms with Gasteiger partial charge in [0.25, 0.3) is 0 Å². The first-order chi connectivity index (χ1) is 19.5. The van der Waals surface area contributed by atoms with Gasteiger partial charge < -0.3 is 10.2 Å². The van der Waals surface area contributed by atoms with Crippen LogP contribution in [0.5, 0.6) is 0 Å². The smallest absolute Gasteiger partial charge is 0.244 e. The summed E-state index contributed by atoms with van der Waals surface area (Å²) in [6.07, 6.45) is 4.79. The van der Waals surface area contributed by atoms with Crippen molar-refractivity contribution in [2.24, 2.45) is 0 Å². The van der Waals surface area contributed by atoms with Crippen LogP contribution in [0.4, 0.5) is 14.5 Å². The van der Waals surface area contributed by atoms with E-state index in [1.54, 1.807) is 6.07 Å². The molecule has 1 unspecified atom stereocenters. The third kappa shape index (κ3) is 8.36. The molecule has 0 radical (unpaired) electrons. The Morgan fingerprint density at radius 1 is 0.951 bits per heavy atom. The third-order valence-electron chi connectivity index (χ3n) is 7.08. The first kappa shape index (κ1) is 30.6. The number of hydrogen-bond donors (Lipinski definition) is 1. The molecule has 0 aromatic heterocycles. The van der Waals surface area contributed by atoms with E-state index < -0.39 is 40.2 Å². The summed E-state index contributed by atoms with van der Waals surface area (Å²) in [6.45, 7) is -0.691. The second-order valence-corrected chi connectivity index (χ2v) is 13.0. The number of sulfonamides is 1. The van der Waals surface area contributed by atoms with Crippen LogP contribution in [-0.4, -0.2) is 50.0 Å². The highest BCUT2D eigenvalue weighted by Gasteiger charge is 2.34. The number of carbonyl (C=O) groups is 2. The van der Waals surface area contributed by atoms with E-state index in [1.807, 2.05) is 48.5 Å². The fourth-order valence-electron chi connectivity index (χ4n) is 5.01. The van der Waals surface area contributed by atoms with Crippen molar-refractivity contribution in [2.45, 2.75) is 50.7 Å². The van der Waals surface area contributed by atoms with Crippen molar-refractivity contribution < 1.29 is 26.8 Å². The van der Waals surface area contributed by atoms with Crippen LogP contribution in [0.15, 0.2) is 77.3 Å². The minimum atomic E-state index is -4.09. The second kappa shape index (κ2) is 13.6. The molecule has 7 nitrogen and oxygen atoms in total. The van der Waals surface area contributed by atoms with E-state index in [2.05, 4.69) is 21.2 Å². The molecule has 1 aliphatic rings. The lowest BCUT2D eigenvalue weighted by molar-refractivity contribution is -0.140. The van der Waals surface area contributed by atoms with Gasteiger partial charge in [0.2, 0.25) is 21.8 Å². The Labute approximate surface area is 247 Å². The standard InChI is InChI=1S/C30H32BrF2N3O4S/c1-41(39,40)36(25-14-15-26(32)27(33)18-25)20-29(37)35(19-22-10-7-11-23(31)16-22)28(17-21-8-3-2-4-9-21)30(38)34-24-12-5-6-13-24/h2-4,7-11,14-16,18,24,28H,5-6,12-13,17,19-20H2,1H3,(H,34,38). The number of rotatable bonds is 11. The van der Waals surface area contributed by atoms with Gasteiger partial charge in [0, 0.05) is 29.5 Å². The van der Waals surface area contributed by atoms with E-state index in [-0.39, 0.29) is 30.6 Å². The van der Waals surface area contributed by atoms with Crippen LogP contribution in [0.25, 0.3) is 0 Å². The molecule has 1 N–H and O–H groups in total. The lowest BCUT2D eigenvalue weighted by Gasteiger charge is -2.34. The zero-order valence-electron chi connectivity index (χ0n) is 22.6. The molecule has 0 spiro atoms. The van der Waals surface area contributed by atoms with E-state index in [0.29, 0.717) is 0 Å². The molecule has 1 fully saturated rings. The molecule has 0 aliphatic heterocycles. The van der Waals surface area contributed by atoms with Gasteiger partial charge in [0.1, 0.15) is 12.6 Å². The molecule has 0 heterocycles. The first-order valence-corrected chi connectivity index (χ1v) is 16.0. The molecule has 3 aromatic carbocycles. The van der Waals surface area contributed by atoms with Gasteiger partial charge >= 0.3 is 0 Å². The monoisotopic (exact) mass is 647 g/mol. The Morgan fingerprint density at radius 2 is 1.63 bits per heavy atom. The number of nitrogens with zero attached hydrogens (tertiary/aromatic N) is 2. The highest BCUT2D eigenvalue weighted by molar-refractivity contribution is 9.10. The van der Waals surface area contributed by atoms with Gasteiger partial charge in [-0.3, -0.25) is 13.9 Å². The van der Waals surface area contributed by atoms with Crippen LogP contribution < -0.4 is 9.62 Å². The quantitative estimate of drug-likeness (QED) is 0.310. The van der Waals surface area contributed by atoms with Crippen LogP contribution in [0.1, 0.15) is 36.8 Å². The average Bonchev–Trinajstić information content (AvgIpc) is 3.44. The predicted octanol–water partition coefficient (Wildman–Crippen LogP) is 5.19. The van der Waals surface area contributed by atoms with Crippen molar-refractivity contribution in [3.05, 3.63) is 100 Å². The maximum atomic E-state index is 14.1. The van der Waals surface area contributed by atoms with Crippen LogP contribution >= 0.6 is 15.9 Å². The van der Waals surface area contributed by atoms with Crippen molar-refractivity contribution in [1.82, 2.24) is 10.2 Å². The van der Waals surface area contributed by atoms with Gasteiger partial charge in [-0.25, -0.2) is 17.2 Å². The Kier molecular flexibility index (Phi) is 10.1. The summed E-state index contributed by atoms with van der Waals surface area (Å²) in [5.74, 6) is -3.38. The first-order valence-electron chi connectivity index (χ1n) is 13.3. The Balaban J connectivity index is 1.73. The van der Waals surface area contributed by atoms with Gasteiger partial charge in [0.15, 0.2) is 11.6 Å². The maximum absolute atomic E-state index is 14.1. The molecule has 1 aliphatic carbocycles. The van der Waals surface area contributed by atoms with Gasteiger partial charge in [-0.05, 0) is 48.2 Å². The summed E-state index contributed by atoms with van der Waals surface area (Å²) in [5.41, 5.74) is 1.35. The molecular formula is C30H32BrF2N3O4S. The highest BCUT2D eigenvalue weighted by Crippen LogP contribution is 2.24. The van der Waals surface area contributed by atoms with E-state index in [9.17, 15) is 26.8 Å². The van der Waals surface area contributed by atoms with Gasteiger partial charge in [-0.2, -0.15) is 0 Å². The number of nitrogens with one attached hydrogen (secondary N) is 1. The fourth-order valence-corrected chi connectivity index (χ4v) is 6.30. The predicted molar refractivity (Wildman–Crippen MR) is 158 cm³/mol. The van der Waals surface area contributed by atoms with Crippen LogP contribution in [-0.2, 0) is 32.6 Å². The molecule has 11 heteroatoms. The van der Waals surface area contributed by atoms with E-state index >= 15 is 0 Å².